The molecular weight excluding hydrogens is 246 g/mol. The van der Waals surface area contributed by atoms with E-state index in [9.17, 15) is 4.79 Å². The zero-order valence-electron chi connectivity index (χ0n) is 11.4. The standard InChI is InChI=1S/C13H21N3O3/c1-18-7-3-4-11(14)13(17)16-9-10-5-6-15-12(8-10)19-2/h5-6,8,11H,3-4,7,9,14H2,1-2H3,(H,16,17). The van der Waals surface area contributed by atoms with Crippen molar-refractivity contribution in [3.8, 4) is 5.88 Å². The van der Waals surface area contributed by atoms with E-state index in [2.05, 4.69) is 10.3 Å². The lowest BCUT2D eigenvalue weighted by atomic mass is 10.1. The number of amides is 1. The normalized spacial score (nSPS) is 11.9. The molecule has 6 heteroatoms. The number of hydrogen-bond acceptors (Lipinski definition) is 5. The molecule has 106 valence electrons. The summed E-state index contributed by atoms with van der Waals surface area (Å²) >= 11 is 0. The quantitative estimate of drug-likeness (QED) is 0.668. The highest BCUT2D eigenvalue weighted by atomic mass is 16.5. The van der Waals surface area contributed by atoms with Crippen LogP contribution in [0.3, 0.4) is 0 Å². The highest BCUT2D eigenvalue weighted by Gasteiger charge is 2.12. The van der Waals surface area contributed by atoms with Crippen molar-refractivity contribution in [1.29, 1.82) is 0 Å². The molecule has 0 aromatic carbocycles. The lowest BCUT2D eigenvalue weighted by Crippen LogP contribution is -2.40. The largest absolute Gasteiger partial charge is 0.481 e. The van der Waals surface area contributed by atoms with Crippen molar-refractivity contribution in [2.24, 2.45) is 5.73 Å². The second kappa shape index (κ2) is 8.44. The van der Waals surface area contributed by atoms with Crippen LogP contribution >= 0.6 is 0 Å². The Morgan fingerprint density at radius 1 is 1.53 bits per heavy atom. The second-order valence-electron chi connectivity index (χ2n) is 4.17. The van der Waals surface area contributed by atoms with Crippen LogP contribution in [0.2, 0.25) is 0 Å². The maximum absolute atomic E-state index is 11.7. The van der Waals surface area contributed by atoms with Crippen LogP contribution in [0.1, 0.15) is 18.4 Å². The number of carbonyl (C=O) groups excluding carboxylic acids is 1. The number of ether oxygens (including phenoxy) is 2. The minimum absolute atomic E-state index is 0.160. The molecule has 0 fully saturated rings. The van der Waals surface area contributed by atoms with E-state index >= 15 is 0 Å². The summed E-state index contributed by atoms with van der Waals surface area (Å²) in [7, 11) is 3.18. The van der Waals surface area contributed by atoms with Crippen LogP contribution in [0.5, 0.6) is 5.88 Å². The van der Waals surface area contributed by atoms with E-state index in [4.69, 9.17) is 15.2 Å². The summed E-state index contributed by atoms with van der Waals surface area (Å²) in [5.41, 5.74) is 6.69. The Morgan fingerprint density at radius 3 is 3.00 bits per heavy atom. The van der Waals surface area contributed by atoms with Crippen molar-refractivity contribution in [2.75, 3.05) is 20.8 Å². The van der Waals surface area contributed by atoms with E-state index in [1.54, 1.807) is 26.5 Å². The molecule has 3 N–H and O–H groups in total. The SMILES string of the molecule is COCCCC(N)C(=O)NCc1ccnc(OC)c1. The van der Waals surface area contributed by atoms with Gasteiger partial charge < -0.3 is 20.5 Å². The first-order chi connectivity index (χ1) is 9.17. The third-order valence-electron chi connectivity index (χ3n) is 2.68. The van der Waals surface area contributed by atoms with Crippen LogP contribution in [0.4, 0.5) is 0 Å². The molecule has 6 nitrogen and oxygen atoms in total. The molecule has 1 atom stereocenters. The van der Waals surface area contributed by atoms with Gasteiger partial charge in [0.2, 0.25) is 11.8 Å². The van der Waals surface area contributed by atoms with Gasteiger partial charge in [-0.2, -0.15) is 0 Å². The predicted molar refractivity (Wildman–Crippen MR) is 71.7 cm³/mol. The first kappa shape index (κ1) is 15.4. The van der Waals surface area contributed by atoms with Gasteiger partial charge in [-0.25, -0.2) is 4.98 Å². The molecule has 1 unspecified atom stereocenters. The summed E-state index contributed by atoms with van der Waals surface area (Å²) in [6.07, 6.45) is 3.02. The molecule has 0 radical (unpaired) electrons. The molecule has 1 aromatic rings. The van der Waals surface area contributed by atoms with Crippen molar-refractivity contribution in [3.05, 3.63) is 23.9 Å². The van der Waals surface area contributed by atoms with Crippen molar-refractivity contribution in [3.63, 3.8) is 0 Å². The summed E-state index contributed by atoms with van der Waals surface area (Å²) in [5, 5.41) is 2.79. The van der Waals surface area contributed by atoms with E-state index in [-0.39, 0.29) is 5.91 Å². The number of methoxy groups -OCH3 is 2. The zero-order valence-corrected chi connectivity index (χ0v) is 11.4. The smallest absolute Gasteiger partial charge is 0.237 e. The zero-order chi connectivity index (χ0) is 14.1. The highest BCUT2D eigenvalue weighted by Crippen LogP contribution is 2.08. The summed E-state index contributed by atoms with van der Waals surface area (Å²) in [6, 6.07) is 3.09. The monoisotopic (exact) mass is 267 g/mol. The minimum atomic E-state index is -0.501. The molecule has 0 bridgehead atoms. The number of carbonyl (C=O) groups is 1. The predicted octanol–water partition coefficient (Wildman–Crippen LogP) is 0.460. The van der Waals surface area contributed by atoms with Crippen molar-refractivity contribution in [1.82, 2.24) is 10.3 Å². The van der Waals surface area contributed by atoms with Gasteiger partial charge in [-0.15, -0.1) is 0 Å². The molecular formula is C13H21N3O3. The van der Waals surface area contributed by atoms with Crippen LogP contribution < -0.4 is 15.8 Å². The Kier molecular flexibility index (Phi) is 6.84. The van der Waals surface area contributed by atoms with Gasteiger partial charge in [0.1, 0.15) is 0 Å². The topological polar surface area (TPSA) is 86.5 Å². The number of aromatic nitrogens is 1. The minimum Gasteiger partial charge on any atom is -0.481 e. The molecule has 1 heterocycles. The molecule has 1 rings (SSSR count). The first-order valence-electron chi connectivity index (χ1n) is 6.18. The van der Waals surface area contributed by atoms with Crippen molar-refractivity contribution >= 4 is 5.91 Å². The number of rotatable bonds is 8. The van der Waals surface area contributed by atoms with Crippen LogP contribution in [-0.4, -0.2) is 37.8 Å². The summed E-state index contributed by atoms with van der Waals surface area (Å²) in [6.45, 7) is 1.03. The van der Waals surface area contributed by atoms with E-state index in [0.717, 1.165) is 12.0 Å². The van der Waals surface area contributed by atoms with Crippen LogP contribution in [0.25, 0.3) is 0 Å². The Bertz CT molecular complexity index is 398. The maximum atomic E-state index is 11.7. The van der Waals surface area contributed by atoms with E-state index in [1.165, 1.54) is 0 Å². The van der Waals surface area contributed by atoms with Crippen LogP contribution in [-0.2, 0) is 16.1 Å². The van der Waals surface area contributed by atoms with Crippen molar-refractivity contribution in [2.45, 2.75) is 25.4 Å². The van der Waals surface area contributed by atoms with E-state index in [1.807, 2.05) is 6.07 Å². The molecule has 0 saturated carbocycles. The molecule has 1 amide bonds. The summed E-state index contributed by atoms with van der Waals surface area (Å²) in [4.78, 5) is 15.7. The number of nitrogens with two attached hydrogens (primary N) is 1. The lowest BCUT2D eigenvalue weighted by molar-refractivity contribution is -0.122. The summed E-state index contributed by atoms with van der Waals surface area (Å²) < 4.78 is 9.93. The fourth-order valence-corrected chi connectivity index (χ4v) is 1.57. The molecule has 0 aliphatic heterocycles. The Labute approximate surface area is 113 Å². The van der Waals surface area contributed by atoms with Gasteiger partial charge in [0.05, 0.1) is 13.2 Å². The number of pyridine rings is 1. The van der Waals surface area contributed by atoms with Gasteiger partial charge in [0.25, 0.3) is 0 Å². The Hall–Kier alpha value is -1.66. The lowest BCUT2D eigenvalue weighted by Gasteiger charge is -2.12. The van der Waals surface area contributed by atoms with Crippen LogP contribution in [0, 0.1) is 0 Å². The maximum Gasteiger partial charge on any atom is 0.237 e. The average Bonchev–Trinajstić information content (AvgIpc) is 2.45. The third-order valence-corrected chi connectivity index (χ3v) is 2.68. The van der Waals surface area contributed by atoms with Gasteiger partial charge in [0.15, 0.2) is 0 Å². The van der Waals surface area contributed by atoms with Gasteiger partial charge in [-0.05, 0) is 24.5 Å². The summed E-state index contributed by atoms with van der Waals surface area (Å²) in [5.74, 6) is 0.364. The molecule has 19 heavy (non-hydrogen) atoms. The van der Waals surface area contributed by atoms with Gasteiger partial charge in [0, 0.05) is 32.5 Å². The molecule has 1 aromatic heterocycles. The van der Waals surface area contributed by atoms with Gasteiger partial charge >= 0.3 is 0 Å². The van der Waals surface area contributed by atoms with Crippen LogP contribution in [0.15, 0.2) is 18.3 Å². The fourth-order valence-electron chi connectivity index (χ4n) is 1.57. The number of hydrogen-bond donors (Lipinski definition) is 2. The number of nitrogens with one attached hydrogen (secondary N) is 1. The molecule has 0 spiro atoms. The molecule has 0 aliphatic rings. The highest BCUT2D eigenvalue weighted by molar-refractivity contribution is 5.81. The average molecular weight is 267 g/mol. The Balaban J connectivity index is 2.36. The Morgan fingerprint density at radius 2 is 2.32 bits per heavy atom. The fraction of sp³-hybridized carbons (Fsp3) is 0.538. The van der Waals surface area contributed by atoms with E-state index in [0.29, 0.717) is 25.5 Å². The number of nitrogens with zero attached hydrogens (tertiary/aromatic N) is 1. The van der Waals surface area contributed by atoms with Gasteiger partial charge in [-0.1, -0.05) is 0 Å². The van der Waals surface area contributed by atoms with Crippen molar-refractivity contribution < 1.29 is 14.3 Å². The molecule has 0 saturated heterocycles. The van der Waals surface area contributed by atoms with E-state index < -0.39 is 6.04 Å². The van der Waals surface area contributed by atoms with Gasteiger partial charge in [-0.3, -0.25) is 4.79 Å². The third kappa shape index (κ3) is 5.67. The first-order valence-corrected chi connectivity index (χ1v) is 6.18. The molecule has 0 aliphatic carbocycles. The second-order valence-corrected chi connectivity index (χ2v) is 4.17.